The van der Waals surface area contributed by atoms with Crippen molar-refractivity contribution < 1.29 is 13.9 Å². The summed E-state index contributed by atoms with van der Waals surface area (Å²) in [6.07, 6.45) is 2.30. The number of ether oxygens (including phenoxy) is 1. The highest BCUT2D eigenvalue weighted by Gasteiger charge is 2.13. The second kappa shape index (κ2) is 8.71. The zero-order valence-corrected chi connectivity index (χ0v) is 17.0. The van der Waals surface area contributed by atoms with E-state index in [0.29, 0.717) is 22.7 Å². The quantitative estimate of drug-likeness (QED) is 0.681. The SMILES string of the molecule is Cc1ccc(Cc2cnc(NC(=O)c3ccc(N4CCOCC4)cc3)s2)cc1F. The van der Waals surface area contributed by atoms with Gasteiger partial charge in [-0.1, -0.05) is 12.1 Å². The first-order valence-corrected chi connectivity index (χ1v) is 10.3. The Morgan fingerprint density at radius 2 is 1.97 bits per heavy atom. The van der Waals surface area contributed by atoms with Crippen molar-refractivity contribution in [3.05, 3.63) is 76.0 Å². The summed E-state index contributed by atoms with van der Waals surface area (Å²) in [6, 6.07) is 12.8. The molecule has 1 aliphatic rings. The molecule has 150 valence electrons. The van der Waals surface area contributed by atoms with E-state index in [2.05, 4.69) is 15.2 Å². The number of thiazole rings is 1. The first kappa shape index (κ1) is 19.5. The van der Waals surface area contributed by atoms with Gasteiger partial charge in [-0.2, -0.15) is 0 Å². The molecule has 4 rings (SSSR count). The number of nitrogens with one attached hydrogen (secondary N) is 1. The van der Waals surface area contributed by atoms with E-state index >= 15 is 0 Å². The molecule has 0 aliphatic carbocycles. The third-order valence-corrected chi connectivity index (χ3v) is 5.81. The van der Waals surface area contributed by atoms with Crippen molar-refractivity contribution in [2.24, 2.45) is 0 Å². The summed E-state index contributed by atoms with van der Waals surface area (Å²) in [5.41, 5.74) is 3.19. The monoisotopic (exact) mass is 411 g/mol. The average molecular weight is 412 g/mol. The fourth-order valence-corrected chi connectivity index (χ4v) is 4.05. The highest BCUT2D eigenvalue weighted by atomic mass is 32.1. The minimum Gasteiger partial charge on any atom is -0.378 e. The first-order valence-electron chi connectivity index (χ1n) is 9.52. The summed E-state index contributed by atoms with van der Waals surface area (Å²) in [4.78, 5) is 20.0. The third kappa shape index (κ3) is 4.81. The van der Waals surface area contributed by atoms with Gasteiger partial charge in [-0.3, -0.25) is 10.1 Å². The van der Waals surface area contributed by atoms with Crippen molar-refractivity contribution in [2.75, 3.05) is 36.5 Å². The first-order chi connectivity index (χ1) is 14.1. The highest BCUT2D eigenvalue weighted by Crippen LogP contribution is 2.23. The van der Waals surface area contributed by atoms with Gasteiger partial charge in [0, 0.05) is 41.8 Å². The molecule has 0 atom stereocenters. The molecule has 0 saturated carbocycles. The zero-order chi connectivity index (χ0) is 20.2. The molecule has 1 amide bonds. The molecular weight excluding hydrogens is 389 g/mol. The van der Waals surface area contributed by atoms with Crippen LogP contribution < -0.4 is 10.2 Å². The fraction of sp³-hybridized carbons (Fsp3) is 0.273. The van der Waals surface area contributed by atoms with Gasteiger partial charge in [-0.25, -0.2) is 9.37 Å². The number of hydrogen-bond acceptors (Lipinski definition) is 5. The summed E-state index contributed by atoms with van der Waals surface area (Å²) >= 11 is 1.40. The summed E-state index contributed by atoms with van der Waals surface area (Å²) in [5.74, 6) is -0.401. The van der Waals surface area contributed by atoms with Gasteiger partial charge in [0.15, 0.2) is 5.13 Å². The lowest BCUT2D eigenvalue weighted by atomic mass is 10.1. The molecule has 1 saturated heterocycles. The number of aryl methyl sites for hydroxylation is 1. The molecule has 1 aliphatic heterocycles. The molecule has 1 N–H and O–H groups in total. The lowest BCUT2D eigenvalue weighted by Gasteiger charge is -2.28. The third-order valence-electron chi connectivity index (χ3n) is 4.89. The Bertz CT molecular complexity index is 998. The molecule has 2 heterocycles. The van der Waals surface area contributed by atoms with Gasteiger partial charge in [0.25, 0.3) is 5.91 Å². The molecule has 0 unspecified atom stereocenters. The van der Waals surface area contributed by atoms with Gasteiger partial charge < -0.3 is 9.64 Å². The number of carbonyl (C=O) groups is 1. The standard InChI is InChI=1S/C22H22FN3O2S/c1-15-2-3-16(13-20(15)23)12-19-14-24-22(29-19)25-21(27)17-4-6-18(7-5-17)26-8-10-28-11-9-26/h2-7,13-14H,8-12H2,1H3,(H,24,25,27). The Kier molecular flexibility index (Phi) is 5.87. The van der Waals surface area contributed by atoms with Crippen molar-refractivity contribution in [1.82, 2.24) is 4.98 Å². The van der Waals surface area contributed by atoms with Crippen molar-refractivity contribution in [3.63, 3.8) is 0 Å². The normalized spacial score (nSPS) is 14.1. The molecule has 0 spiro atoms. The Morgan fingerprint density at radius 3 is 2.69 bits per heavy atom. The van der Waals surface area contributed by atoms with Crippen LogP contribution in [0.2, 0.25) is 0 Å². The van der Waals surface area contributed by atoms with Crippen molar-refractivity contribution in [3.8, 4) is 0 Å². The maximum Gasteiger partial charge on any atom is 0.257 e. The minimum absolute atomic E-state index is 0.194. The number of amides is 1. The predicted molar refractivity (Wildman–Crippen MR) is 113 cm³/mol. The van der Waals surface area contributed by atoms with Gasteiger partial charge in [0.1, 0.15) is 5.82 Å². The van der Waals surface area contributed by atoms with Gasteiger partial charge in [0.2, 0.25) is 0 Å². The van der Waals surface area contributed by atoms with Crippen LogP contribution in [0.15, 0.2) is 48.7 Å². The van der Waals surface area contributed by atoms with Crippen LogP contribution >= 0.6 is 11.3 Å². The molecule has 1 fully saturated rings. The van der Waals surface area contributed by atoms with Gasteiger partial charge in [0.05, 0.1) is 13.2 Å². The highest BCUT2D eigenvalue weighted by molar-refractivity contribution is 7.15. The van der Waals surface area contributed by atoms with E-state index in [9.17, 15) is 9.18 Å². The van der Waals surface area contributed by atoms with Crippen LogP contribution in [0, 0.1) is 12.7 Å². The van der Waals surface area contributed by atoms with E-state index in [0.717, 1.165) is 42.4 Å². The molecule has 0 radical (unpaired) electrons. The fourth-order valence-electron chi connectivity index (χ4n) is 3.21. The van der Waals surface area contributed by atoms with E-state index in [-0.39, 0.29) is 11.7 Å². The second-order valence-corrected chi connectivity index (χ2v) is 8.11. The number of morpholine rings is 1. The Balaban J connectivity index is 1.37. The summed E-state index contributed by atoms with van der Waals surface area (Å²) in [5, 5.41) is 3.38. The molecular formula is C22H22FN3O2S. The second-order valence-electron chi connectivity index (χ2n) is 6.99. The number of hydrogen-bond donors (Lipinski definition) is 1. The van der Waals surface area contributed by atoms with E-state index < -0.39 is 0 Å². The van der Waals surface area contributed by atoms with E-state index in [1.165, 1.54) is 11.3 Å². The largest absolute Gasteiger partial charge is 0.378 e. The molecule has 29 heavy (non-hydrogen) atoms. The molecule has 2 aromatic carbocycles. The van der Waals surface area contributed by atoms with E-state index in [1.54, 1.807) is 25.3 Å². The Hall–Kier alpha value is -2.77. The van der Waals surface area contributed by atoms with Crippen LogP contribution in [0.3, 0.4) is 0 Å². The van der Waals surface area contributed by atoms with Crippen molar-refractivity contribution in [1.29, 1.82) is 0 Å². The summed E-state index contributed by atoms with van der Waals surface area (Å²) in [6.45, 7) is 4.91. The molecule has 3 aromatic rings. The Labute approximate surface area is 173 Å². The van der Waals surface area contributed by atoms with Gasteiger partial charge >= 0.3 is 0 Å². The summed E-state index contributed by atoms with van der Waals surface area (Å²) < 4.78 is 19.1. The van der Waals surface area contributed by atoms with Crippen LogP contribution in [0.25, 0.3) is 0 Å². The molecule has 1 aromatic heterocycles. The van der Waals surface area contributed by atoms with Crippen LogP contribution in [0.4, 0.5) is 15.2 Å². The molecule has 5 nitrogen and oxygen atoms in total. The van der Waals surface area contributed by atoms with Crippen LogP contribution in [0.5, 0.6) is 0 Å². The van der Waals surface area contributed by atoms with Crippen LogP contribution in [0.1, 0.15) is 26.4 Å². The average Bonchev–Trinajstić information content (AvgIpc) is 3.18. The number of aromatic nitrogens is 1. The number of rotatable bonds is 5. The van der Waals surface area contributed by atoms with Crippen molar-refractivity contribution in [2.45, 2.75) is 13.3 Å². The zero-order valence-electron chi connectivity index (χ0n) is 16.2. The number of anilines is 2. The van der Waals surface area contributed by atoms with E-state index in [1.807, 2.05) is 30.3 Å². The van der Waals surface area contributed by atoms with E-state index in [4.69, 9.17) is 4.74 Å². The predicted octanol–water partition coefficient (Wildman–Crippen LogP) is 4.27. The van der Waals surface area contributed by atoms with Crippen molar-refractivity contribution >= 4 is 28.1 Å². The lowest BCUT2D eigenvalue weighted by Crippen LogP contribution is -2.36. The minimum atomic E-state index is -0.207. The maximum absolute atomic E-state index is 13.7. The maximum atomic E-state index is 13.7. The summed E-state index contributed by atoms with van der Waals surface area (Å²) in [7, 11) is 0. The van der Waals surface area contributed by atoms with Crippen LogP contribution in [-0.4, -0.2) is 37.2 Å². The number of carbonyl (C=O) groups excluding carboxylic acids is 1. The number of nitrogens with zero attached hydrogens (tertiary/aromatic N) is 2. The smallest absolute Gasteiger partial charge is 0.257 e. The lowest BCUT2D eigenvalue weighted by molar-refractivity contribution is 0.102. The van der Waals surface area contributed by atoms with Gasteiger partial charge in [-0.15, -0.1) is 11.3 Å². The topological polar surface area (TPSA) is 54.5 Å². The number of halogens is 1. The molecule has 0 bridgehead atoms. The number of benzene rings is 2. The Morgan fingerprint density at radius 1 is 1.21 bits per heavy atom. The molecule has 7 heteroatoms. The van der Waals surface area contributed by atoms with Crippen LogP contribution in [-0.2, 0) is 11.2 Å². The van der Waals surface area contributed by atoms with Gasteiger partial charge in [-0.05, 0) is 48.4 Å².